The minimum absolute atomic E-state index is 0.232. The number of nitrogens with zero attached hydrogens (tertiary/aromatic N) is 2. The molecular weight excluding hydrogens is 424 g/mol. The van der Waals surface area contributed by atoms with E-state index < -0.39 is 15.8 Å². The van der Waals surface area contributed by atoms with Gasteiger partial charge in [0, 0.05) is 23.7 Å². The molecule has 3 aromatic carbocycles. The van der Waals surface area contributed by atoms with Gasteiger partial charge in [-0.2, -0.15) is 0 Å². The van der Waals surface area contributed by atoms with Gasteiger partial charge in [-0.1, -0.05) is 54.6 Å². The first kappa shape index (κ1) is 21.5. The van der Waals surface area contributed by atoms with E-state index in [-0.39, 0.29) is 17.2 Å². The maximum Gasteiger partial charge on any atom is 0.358 e. The minimum atomic E-state index is -3.29. The molecule has 0 amide bonds. The molecule has 162 valence electrons. The predicted octanol–water partition coefficient (Wildman–Crippen LogP) is 4.79. The molecule has 0 atom stereocenters. The van der Waals surface area contributed by atoms with Crippen LogP contribution >= 0.6 is 0 Å². The largest absolute Gasteiger partial charge is 0.461 e. The van der Waals surface area contributed by atoms with Gasteiger partial charge in [-0.25, -0.2) is 18.2 Å². The zero-order valence-corrected chi connectivity index (χ0v) is 18.5. The summed E-state index contributed by atoms with van der Waals surface area (Å²) in [5.41, 5.74) is 3.60. The fraction of sp³-hybridized carbons (Fsp3) is 0.120. The molecule has 0 N–H and O–H groups in total. The molecule has 0 aliphatic rings. The van der Waals surface area contributed by atoms with Crippen molar-refractivity contribution in [1.82, 2.24) is 9.55 Å². The maximum atomic E-state index is 12.3. The minimum Gasteiger partial charge on any atom is -0.461 e. The Bertz CT molecular complexity index is 1360. The molecule has 0 fully saturated rings. The summed E-state index contributed by atoms with van der Waals surface area (Å²) in [6.07, 6.45) is 2.86. The zero-order chi connectivity index (χ0) is 22.7. The number of esters is 1. The smallest absolute Gasteiger partial charge is 0.358 e. The number of hydrogen-bond acceptors (Lipinski definition) is 5. The molecule has 0 saturated carbocycles. The molecule has 0 aliphatic heterocycles. The van der Waals surface area contributed by atoms with Crippen LogP contribution in [0, 0.1) is 0 Å². The van der Waals surface area contributed by atoms with Crippen LogP contribution in [-0.4, -0.2) is 36.8 Å². The van der Waals surface area contributed by atoms with E-state index in [1.54, 1.807) is 31.3 Å². The number of hydrogen-bond donors (Lipinski definition) is 0. The van der Waals surface area contributed by atoms with Crippen molar-refractivity contribution in [3.8, 4) is 28.2 Å². The molecule has 7 heteroatoms. The monoisotopic (exact) mass is 446 g/mol. The summed E-state index contributed by atoms with van der Waals surface area (Å²) in [6, 6.07) is 24.1. The number of benzene rings is 3. The molecule has 4 rings (SSSR count). The maximum absolute atomic E-state index is 12.3. The van der Waals surface area contributed by atoms with Crippen LogP contribution in [0.3, 0.4) is 0 Å². The van der Waals surface area contributed by atoms with Crippen LogP contribution in [0.5, 0.6) is 0 Å². The van der Waals surface area contributed by atoms with Crippen LogP contribution in [0.15, 0.2) is 90.0 Å². The van der Waals surface area contributed by atoms with Gasteiger partial charge in [-0.15, -0.1) is 0 Å². The van der Waals surface area contributed by atoms with Gasteiger partial charge in [0.15, 0.2) is 15.5 Å². The van der Waals surface area contributed by atoms with Gasteiger partial charge in [0.2, 0.25) is 0 Å². The highest BCUT2D eigenvalue weighted by Crippen LogP contribution is 2.27. The van der Waals surface area contributed by atoms with E-state index in [1.165, 1.54) is 6.26 Å². The SMILES string of the molecule is CCOC(=O)c1cn(-c2ccc(-c3cccc(S(C)(=O)=O)c3)cc2)c(-c2ccccc2)n1. The molecule has 0 bridgehead atoms. The highest BCUT2D eigenvalue weighted by Gasteiger charge is 2.17. The lowest BCUT2D eigenvalue weighted by Gasteiger charge is -2.10. The van der Waals surface area contributed by atoms with E-state index in [9.17, 15) is 13.2 Å². The first-order chi connectivity index (χ1) is 15.4. The molecule has 4 aromatic rings. The quantitative estimate of drug-likeness (QED) is 0.398. The van der Waals surface area contributed by atoms with Gasteiger partial charge in [-0.05, 0) is 42.3 Å². The van der Waals surface area contributed by atoms with Gasteiger partial charge in [0.25, 0.3) is 0 Å². The Morgan fingerprint density at radius 2 is 1.59 bits per heavy atom. The van der Waals surface area contributed by atoms with Gasteiger partial charge >= 0.3 is 5.97 Å². The second-order valence-electron chi connectivity index (χ2n) is 7.25. The molecule has 0 spiro atoms. The van der Waals surface area contributed by atoms with E-state index >= 15 is 0 Å². The molecule has 1 aromatic heterocycles. The number of rotatable bonds is 6. The van der Waals surface area contributed by atoms with Gasteiger partial charge in [-0.3, -0.25) is 4.57 Å². The van der Waals surface area contributed by atoms with Crippen molar-refractivity contribution < 1.29 is 17.9 Å². The Morgan fingerprint density at radius 3 is 2.25 bits per heavy atom. The fourth-order valence-electron chi connectivity index (χ4n) is 3.39. The van der Waals surface area contributed by atoms with E-state index in [4.69, 9.17) is 4.74 Å². The number of carbonyl (C=O) groups excluding carboxylic acids is 1. The van der Waals surface area contributed by atoms with Gasteiger partial charge < -0.3 is 4.74 Å². The molecule has 0 radical (unpaired) electrons. The normalized spacial score (nSPS) is 11.3. The topological polar surface area (TPSA) is 78.3 Å². The Hall–Kier alpha value is -3.71. The number of sulfone groups is 1. The average Bonchev–Trinajstić information content (AvgIpc) is 3.25. The molecule has 0 unspecified atom stereocenters. The van der Waals surface area contributed by atoms with Crippen LogP contribution in [0.4, 0.5) is 0 Å². The average molecular weight is 447 g/mol. The summed E-state index contributed by atoms with van der Waals surface area (Å²) >= 11 is 0. The summed E-state index contributed by atoms with van der Waals surface area (Å²) in [4.78, 5) is 17.1. The molecule has 32 heavy (non-hydrogen) atoms. The van der Waals surface area contributed by atoms with Crippen molar-refractivity contribution >= 4 is 15.8 Å². The van der Waals surface area contributed by atoms with Crippen LogP contribution in [-0.2, 0) is 14.6 Å². The standard InChI is InChI=1S/C25H22N2O4S/c1-3-31-25(28)23-17-27(24(26-23)19-8-5-4-6-9-19)21-14-12-18(13-15-21)20-10-7-11-22(16-20)32(2,29)30/h4-17H,3H2,1-2H3. The lowest BCUT2D eigenvalue weighted by atomic mass is 10.1. The number of imidazole rings is 1. The highest BCUT2D eigenvalue weighted by molar-refractivity contribution is 7.90. The Kier molecular flexibility index (Phi) is 5.92. The van der Waals surface area contributed by atoms with Crippen molar-refractivity contribution in [1.29, 1.82) is 0 Å². The third kappa shape index (κ3) is 4.48. The molecule has 0 aliphatic carbocycles. The Labute approximate surface area is 187 Å². The highest BCUT2D eigenvalue weighted by atomic mass is 32.2. The Morgan fingerprint density at radius 1 is 0.906 bits per heavy atom. The number of carbonyl (C=O) groups is 1. The van der Waals surface area contributed by atoms with Crippen LogP contribution < -0.4 is 0 Å². The second kappa shape index (κ2) is 8.80. The first-order valence-electron chi connectivity index (χ1n) is 10.1. The number of ether oxygens (including phenoxy) is 1. The third-order valence-electron chi connectivity index (χ3n) is 4.96. The lowest BCUT2D eigenvalue weighted by molar-refractivity contribution is 0.0520. The van der Waals surface area contributed by atoms with Crippen molar-refractivity contribution in [3.05, 3.63) is 90.8 Å². The van der Waals surface area contributed by atoms with Crippen LogP contribution in [0.25, 0.3) is 28.2 Å². The second-order valence-corrected chi connectivity index (χ2v) is 9.27. The van der Waals surface area contributed by atoms with Crippen molar-refractivity contribution in [2.45, 2.75) is 11.8 Å². The van der Waals surface area contributed by atoms with E-state index in [2.05, 4.69) is 4.98 Å². The summed E-state index contributed by atoms with van der Waals surface area (Å²) in [7, 11) is -3.29. The summed E-state index contributed by atoms with van der Waals surface area (Å²) < 4.78 is 30.7. The molecule has 0 saturated heterocycles. The van der Waals surface area contributed by atoms with Crippen molar-refractivity contribution in [3.63, 3.8) is 0 Å². The summed E-state index contributed by atoms with van der Waals surface area (Å²) in [5, 5.41) is 0. The Balaban J connectivity index is 1.75. The molecule has 1 heterocycles. The summed E-state index contributed by atoms with van der Waals surface area (Å²) in [5.74, 6) is 0.151. The summed E-state index contributed by atoms with van der Waals surface area (Å²) in [6.45, 7) is 2.03. The molecular formula is C25H22N2O4S. The van der Waals surface area contributed by atoms with Gasteiger partial charge in [0.1, 0.15) is 5.82 Å². The van der Waals surface area contributed by atoms with Crippen LogP contribution in [0.2, 0.25) is 0 Å². The molecule has 6 nitrogen and oxygen atoms in total. The third-order valence-corrected chi connectivity index (χ3v) is 6.07. The van der Waals surface area contributed by atoms with Crippen molar-refractivity contribution in [2.75, 3.05) is 12.9 Å². The predicted molar refractivity (Wildman–Crippen MR) is 124 cm³/mol. The van der Waals surface area contributed by atoms with Gasteiger partial charge in [0.05, 0.1) is 11.5 Å². The van der Waals surface area contributed by atoms with Crippen molar-refractivity contribution in [2.24, 2.45) is 0 Å². The van der Waals surface area contributed by atoms with E-state index in [1.807, 2.05) is 65.2 Å². The van der Waals surface area contributed by atoms with E-state index in [0.29, 0.717) is 5.82 Å². The lowest BCUT2D eigenvalue weighted by Crippen LogP contribution is -2.04. The fourth-order valence-corrected chi connectivity index (χ4v) is 4.06. The van der Waals surface area contributed by atoms with E-state index in [0.717, 1.165) is 22.4 Å². The zero-order valence-electron chi connectivity index (χ0n) is 17.7. The van der Waals surface area contributed by atoms with Crippen LogP contribution in [0.1, 0.15) is 17.4 Å². The number of aromatic nitrogens is 2. The first-order valence-corrected chi connectivity index (χ1v) is 12.0.